The summed E-state index contributed by atoms with van der Waals surface area (Å²) in [5.41, 5.74) is 5.49. The number of carbonyl (C=O) groups excluding carboxylic acids is 1. The zero-order valence-electron chi connectivity index (χ0n) is 8.23. The highest BCUT2D eigenvalue weighted by Crippen LogP contribution is 2.22. The molecule has 1 saturated heterocycles. The second kappa shape index (κ2) is 4.07. The summed E-state index contributed by atoms with van der Waals surface area (Å²) >= 11 is 0. The van der Waals surface area contributed by atoms with Gasteiger partial charge in [-0.1, -0.05) is 6.92 Å². The third kappa shape index (κ3) is 2.19. The Morgan fingerprint density at radius 3 is 2.69 bits per heavy atom. The van der Waals surface area contributed by atoms with Gasteiger partial charge in [-0.05, 0) is 12.8 Å². The monoisotopic (exact) mass is 186 g/mol. The Morgan fingerprint density at radius 1 is 1.69 bits per heavy atom. The first kappa shape index (κ1) is 10.5. The number of likely N-dealkylation sites (tertiary alicyclic amines) is 1. The zero-order chi connectivity index (χ0) is 10.0. The molecule has 0 aromatic carbocycles. The van der Waals surface area contributed by atoms with Crippen molar-refractivity contribution in [2.24, 2.45) is 17.6 Å². The first-order chi connectivity index (χ1) is 6.06. The van der Waals surface area contributed by atoms with E-state index in [1.807, 2.05) is 0 Å². The van der Waals surface area contributed by atoms with Crippen molar-refractivity contribution in [3.8, 4) is 0 Å². The maximum Gasteiger partial charge on any atom is 0.239 e. The van der Waals surface area contributed by atoms with E-state index in [9.17, 15) is 4.79 Å². The van der Waals surface area contributed by atoms with Gasteiger partial charge in [0.05, 0.1) is 6.04 Å². The molecule has 0 spiro atoms. The number of carbonyl (C=O) groups is 1. The van der Waals surface area contributed by atoms with E-state index in [1.54, 1.807) is 11.8 Å². The average Bonchev–Trinajstić information content (AvgIpc) is 2.45. The second-order valence-corrected chi connectivity index (χ2v) is 3.95. The number of amides is 1. The van der Waals surface area contributed by atoms with Gasteiger partial charge in [0.15, 0.2) is 0 Å². The standard InChI is InChI=1S/C9H18N2O2/c1-6-3-11(4-8(6)5-12)9(13)7(2)10/h6-8,12H,3-5,10H2,1-2H3/t6-,7-,8-/m0/s1. The van der Waals surface area contributed by atoms with Crippen LogP contribution in [0, 0.1) is 11.8 Å². The number of hydrogen-bond acceptors (Lipinski definition) is 3. The van der Waals surface area contributed by atoms with Crippen LogP contribution in [0.5, 0.6) is 0 Å². The topological polar surface area (TPSA) is 66.6 Å². The van der Waals surface area contributed by atoms with Gasteiger partial charge >= 0.3 is 0 Å². The van der Waals surface area contributed by atoms with Gasteiger partial charge in [-0.3, -0.25) is 4.79 Å². The first-order valence-corrected chi connectivity index (χ1v) is 4.71. The predicted octanol–water partition coefficient (Wildman–Crippen LogP) is -0.580. The quantitative estimate of drug-likeness (QED) is 0.606. The number of nitrogens with two attached hydrogens (primary N) is 1. The molecule has 0 saturated carbocycles. The summed E-state index contributed by atoms with van der Waals surface area (Å²) in [6.45, 7) is 5.28. The van der Waals surface area contributed by atoms with E-state index in [0.29, 0.717) is 12.5 Å². The van der Waals surface area contributed by atoms with Crippen LogP contribution in [0.25, 0.3) is 0 Å². The van der Waals surface area contributed by atoms with Crippen LogP contribution < -0.4 is 5.73 Å². The van der Waals surface area contributed by atoms with Crippen molar-refractivity contribution in [1.82, 2.24) is 4.90 Å². The van der Waals surface area contributed by atoms with Gasteiger partial charge < -0.3 is 15.7 Å². The molecule has 1 rings (SSSR count). The molecule has 1 aliphatic heterocycles. The Labute approximate surface area is 78.7 Å². The molecular formula is C9H18N2O2. The summed E-state index contributed by atoms with van der Waals surface area (Å²) < 4.78 is 0. The van der Waals surface area contributed by atoms with Crippen LogP contribution in [0.15, 0.2) is 0 Å². The van der Waals surface area contributed by atoms with Gasteiger partial charge in [0.1, 0.15) is 0 Å². The fourth-order valence-electron chi connectivity index (χ4n) is 1.74. The lowest BCUT2D eigenvalue weighted by Crippen LogP contribution is -2.41. The molecule has 0 bridgehead atoms. The lowest BCUT2D eigenvalue weighted by Gasteiger charge is -2.18. The van der Waals surface area contributed by atoms with E-state index in [-0.39, 0.29) is 18.4 Å². The fourth-order valence-corrected chi connectivity index (χ4v) is 1.74. The Bertz CT molecular complexity index is 194. The Kier molecular flexibility index (Phi) is 3.27. The molecule has 0 aromatic heterocycles. The number of aliphatic hydroxyl groups is 1. The van der Waals surface area contributed by atoms with E-state index in [4.69, 9.17) is 10.8 Å². The maximum absolute atomic E-state index is 11.5. The van der Waals surface area contributed by atoms with Crippen LogP contribution in [0.3, 0.4) is 0 Å². The minimum atomic E-state index is -0.426. The van der Waals surface area contributed by atoms with Crippen LogP contribution in [-0.2, 0) is 4.79 Å². The number of nitrogens with zero attached hydrogens (tertiary/aromatic N) is 1. The second-order valence-electron chi connectivity index (χ2n) is 3.95. The van der Waals surface area contributed by atoms with Crippen LogP contribution in [-0.4, -0.2) is 41.7 Å². The van der Waals surface area contributed by atoms with Crippen molar-refractivity contribution in [3.63, 3.8) is 0 Å². The van der Waals surface area contributed by atoms with E-state index in [2.05, 4.69) is 6.92 Å². The summed E-state index contributed by atoms with van der Waals surface area (Å²) in [5, 5.41) is 9.01. The molecule has 1 fully saturated rings. The van der Waals surface area contributed by atoms with Crippen LogP contribution in [0.1, 0.15) is 13.8 Å². The molecule has 76 valence electrons. The van der Waals surface area contributed by atoms with Gasteiger partial charge in [0, 0.05) is 25.6 Å². The SMILES string of the molecule is C[C@H](N)C(=O)N1C[C@@H](CO)[C@@H](C)C1. The van der Waals surface area contributed by atoms with Gasteiger partial charge in [0.2, 0.25) is 5.91 Å². The molecule has 3 N–H and O–H groups in total. The number of hydrogen-bond donors (Lipinski definition) is 2. The molecule has 13 heavy (non-hydrogen) atoms. The summed E-state index contributed by atoms with van der Waals surface area (Å²) in [6.07, 6.45) is 0. The summed E-state index contributed by atoms with van der Waals surface area (Å²) in [4.78, 5) is 13.2. The van der Waals surface area contributed by atoms with Crippen molar-refractivity contribution in [2.45, 2.75) is 19.9 Å². The zero-order valence-corrected chi connectivity index (χ0v) is 8.23. The first-order valence-electron chi connectivity index (χ1n) is 4.71. The minimum absolute atomic E-state index is 0.0113. The van der Waals surface area contributed by atoms with Crippen molar-refractivity contribution in [3.05, 3.63) is 0 Å². The van der Waals surface area contributed by atoms with E-state index in [1.165, 1.54) is 0 Å². The average molecular weight is 186 g/mol. The lowest BCUT2D eigenvalue weighted by atomic mass is 10.00. The predicted molar refractivity (Wildman–Crippen MR) is 50.0 cm³/mol. The number of rotatable bonds is 2. The van der Waals surface area contributed by atoms with Crippen molar-refractivity contribution >= 4 is 5.91 Å². The molecular weight excluding hydrogens is 168 g/mol. The molecule has 1 amide bonds. The molecule has 0 aromatic rings. The van der Waals surface area contributed by atoms with Crippen molar-refractivity contribution < 1.29 is 9.90 Å². The Balaban J connectivity index is 2.53. The van der Waals surface area contributed by atoms with Crippen LogP contribution >= 0.6 is 0 Å². The molecule has 4 nitrogen and oxygen atoms in total. The Hall–Kier alpha value is -0.610. The van der Waals surface area contributed by atoms with Gasteiger partial charge in [-0.2, -0.15) is 0 Å². The van der Waals surface area contributed by atoms with Gasteiger partial charge in [-0.15, -0.1) is 0 Å². The van der Waals surface area contributed by atoms with E-state index < -0.39 is 6.04 Å². The molecule has 1 aliphatic rings. The van der Waals surface area contributed by atoms with Crippen molar-refractivity contribution in [2.75, 3.05) is 19.7 Å². The summed E-state index contributed by atoms with van der Waals surface area (Å²) in [6, 6.07) is -0.426. The summed E-state index contributed by atoms with van der Waals surface area (Å²) in [7, 11) is 0. The fraction of sp³-hybridized carbons (Fsp3) is 0.889. The van der Waals surface area contributed by atoms with Crippen molar-refractivity contribution in [1.29, 1.82) is 0 Å². The molecule has 1 heterocycles. The lowest BCUT2D eigenvalue weighted by molar-refractivity contribution is -0.131. The molecule has 0 radical (unpaired) electrons. The smallest absolute Gasteiger partial charge is 0.239 e. The minimum Gasteiger partial charge on any atom is -0.396 e. The largest absolute Gasteiger partial charge is 0.396 e. The molecule has 0 aliphatic carbocycles. The molecule has 3 atom stereocenters. The number of aliphatic hydroxyl groups excluding tert-OH is 1. The summed E-state index contributed by atoms with van der Waals surface area (Å²) in [5.74, 6) is 0.596. The van der Waals surface area contributed by atoms with Crippen LogP contribution in [0.4, 0.5) is 0 Å². The third-order valence-electron chi connectivity index (χ3n) is 2.70. The Morgan fingerprint density at radius 2 is 2.31 bits per heavy atom. The van der Waals surface area contributed by atoms with Crippen LogP contribution in [0.2, 0.25) is 0 Å². The molecule has 4 heteroatoms. The van der Waals surface area contributed by atoms with Gasteiger partial charge in [-0.25, -0.2) is 0 Å². The highest BCUT2D eigenvalue weighted by atomic mass is 16.3. The highest BCUT2D eigenvalue weighted by molar-refractivity contribution is 5.81. The third-order valence-corrected chi connectivity index (χ3v) is 2.70. The van der Waals surface area contributed by atoms with Gasteiger partial charge in [0.25, 0.3) is 0 Å². The normalized spacial score (nSPS) is 30.6. The van der Waals surface area contributed by atoms with E-state index >= 15 is 0 Å². The highest BCUT2D eigenvalue weighted by Gasteiger charge is 2.32. The van der Waals surface area contributed by atoms with E-state index in [0.717, 1.165) is 6.54 Å². The molecule has 0 unspecified atom stereocenters. The maximum atomic E-state index is 11.5.